The zero-order chi connectivity index (χ0) is 28.0. The van der Waals surface area contributed by atoms with Gasteiger partial charge >= 0.3 is 0 Å². The summed E-state index contributed by atoms with van der Waals surface area (Å²) in [5.74, 6) is 0.901. The number of carbonyl (C=O) groups is 2. The largest absolute Gasteiger partial charge is 0.481 e. The summed E-state index contributed by atoms with van der Waals surface area (Å²) in [6, 6.07) is 14.7. The molecule has 1 spiro atoms. The van der Waals surface area contributed by atoms with Crippen molar-refractivity contribution < 1.29 is 22.7 Å². The number of para-hydroxylation sites is 1. The van der Waals surface area contributed by atoms with E-state index in [4.69, 9.17) is 4.74 Å². The van der Waals surface area contributed by atoms with Crippen molar-refractivity contribution in [2.24, 2.45) is 5.41 Å². The predicted molar refractivity (Wildman–Crippen MR) is 151 cm³/mol. The first-order chi connectivity index (χ1) is 18.6. The van der Waals surface area contributed by atoms with Crippen LogP contribution in [0.15, 0.2) is 53.4 Å². The molecule has 2 heterocycles. The van der Waals surface area contributed by atoms with E-state index in [0.717, 1.165) is 55.4 Å². The number of aryl methyl sites for hydroxylation is 2. The molecular formula is C30H41N3O5S. The molecule has 1 saturated heterocycles. The summed E-state index contributed by atoms with van der Waals surface area (Å²) in [7, 11) is -0.217. The maximum absolute atomic E-state index is 13.2. The number of rotatable bonds is 5. The molecule has 2 aromatic rings. The second-order valence-electron chi connectivity index (χ2n) is 11.0. The fraction of sp³-hybridized carbons (Fsp3) is 0.533. The number of piperidine rings is 1. The molecule has 0 radical (unpaired) electrons. The van der Waals surface area contributed by atoms with Crippen molar-refractivity contribution >= 4 is 21.8 Å². The summed E-state index contributed by atoms with van der Waals surface area (Å²) in [4.78, 5) is 30.2. The van der Waals surface area contributed by atoms with Crippen LogP contribution in [0.3, 0.4) is 0 Å². The van der Waals surface area contributed by atoms with Gasteiger partial charge in [-0.15, -0.1) is 0 Å². The second kappa shape index (κ2) is 12.5. The summed E-state index contributed by atoms with van der Waals surface area (Å²) < 4.78 is 32.3. The number of amides is 2. The molecule has 1 fully saturated rings. The van der Waals surface area contributed by atoms with Gasteiger partial charge in [0.1, 0.15) is 5.75 Å². The highest BCUT2D eigenvalue weighted by atomic mass is 32.2. The molecule has 8 nitrogen and oxygen atoms in total. The van der Waals surface area contributed by atoms with Gasteiger partial charge in [0.15, 0.2) is 6.10 Å². The Morgan fingerprint density at radius 2 is 1.74 bits per heavy atom. The van der Waals surface area contributed by atoms with E-state index in [1.165, 1.54) is 7.05 Å². The summed E-state index contributed by atoms with van der Waals surface area (Å²) in [6.07, 6.45) is 6.24. The van der Waals surface area contributed by atoms with Crippen molar-refractivity contribution in [3.8, 4) is 5.75 Å². The van der Waals surface area contributed by atoms with E-state index in [9.17, 15) is 18.0 Å². The quantitative estimate of drug-likeness (QED) is 0.606. The highest BCUT2D eigenvalue weighted by molar-refractivity contribution is 7.89. The first kappa shape index (κ1) is 29.1. The zero-order valence-corrected chi connectivity index (χ0v) is 24.1. The Morgan fingerprint density at radius 3 is 2.44 bits per heavy atom. The number of hydrogen-bond donors (Lipinski definition) is 1. The number of ether oxygens (including phenoxy) is 1. The minimum atomic E-state index is -3.47. The average molecular weight is 556 g/mol. The molecule has 0 aromatic heterocycles. The number of benzene rings is 2. The van der Waals surface area contributed by atoms with Gasteiger partial charge < -0.3 is 14.5 Å². The summed E-state index contributed by atoms with van der Waals surface area (Å²) in [5, 5.41) is 0. The van der Waals surface area contributed by atoms with Gasteiger partial charge in [-0.2, -0.15) is 0 Å². The normalized spacial score (nSPS) is 20.5. The van der Waals surface area contributed by atoms with E-state index in [2.05, 4.69) is 10.8 Å². The van der Waals surface area contributed by atoms with E-state index in [-0.39, 0.29) is 22.1 Å². The van der Waals surface area contributed by atoms with Crippen LogP contribution in [0.5, 0.6) is 5.75 Å². The molecule has 2 aliphatic rings. The highest BCUT2D eigenvalue weighted by Gasteiger charge is 2.38. The number of carbonyl (C=O) groups excluding carboxylic acids is 2. The Kier molecular flexibility index (Phi) is 9.33. The first-order valence-corrected chi connectivity index (χ1v) is 15.4. The maximum atomic E-state index is 13.2. The van der Waals surface area contributed by atoms with Crippen LogP contribution in [0.1, 0.15) is 56.6 Å². The lowest BCUT2D eigenvalue weighted by Crippen LogP contribution is -2.50. The SMILES string of the molecule is CNS(=O)(=O)c1ccc(CCC(=O)N2CCC3(CCCCc4ccccc4O[C@H](C)C(=O)N(C)C3)CC2)cc1. The molecule has 0 saturated carbocycles. The Labute approximate surface area is 232 Å². The van der Waals surface area contributed by atoms with Crippen LogP contribution in [0.2, 0.25) is 0 Å². The van der Waals surface area contributed by atoms with E-state index in [1.807, 2.05) is 42.0 Å². The van der Waals surface area contributed by atoms with Gasteiger partial charge in [0.2, 0.25) is 15.9 Å². The van der Waals surface area contributed by atoms with E-state index in [1.54, 1.807) is 24.3 Å². The topological polar surface area (TPSA) is 96.0 Å². The molecule has 39 heavy (non-hydrogen) atoms. The number of hydrogen-bond acceptors (Lipinski definition) is 5. The molecule has 1 atom stereocenters. The lowest BCUT2D eigenvalue weighted by Gasteiger charge is -2.44. The number of likely N-dealkylation sites (tertiary alicyclic amines) is 1. The predicted octanol–water partition coefficient (Wildman–Crippen LogP) is 3.79. The van der Waals surface area contributed by atoms with E-state index >= 15 is 0 Å². The Hall–Kier alpha value is -2.91. The van der Waals surface area contributed by atoms with Gasteiger partial charge in [-0.1, -0.05) is 36.8 Å². The van der Waals surface area contributed by atoms with Crippen LogP contribution in [0.25, 0.3) is 0 Å². The highest BCUT2D eigenvalue weighted by Crippen LogP contribution is 2.38. The van der Waals surface area contributed by atoms with Crippen molar-refractivity contribution in [1.29, 1.82) is 0 Å². The smallest absolute Gasteiger partial charge is 0.263 e. The van der Waals surface area contributed by atoms with Gasteiger partial charge in [0.25, 0.3) is 5.91 Å². The molecule has 2 aromatic carbocycles. The summed E-state index contributed by atoms with van der Waals surface area (Å²) in [6.45, 7) is 3.87. The molecule has 0 unspecified atom stereocenters. The summed E-state index contributed by atoms with van der Waals surface area (Å²) >= 11 is 0. The monoisotopic (exact) mass is 555 g/mol. The molecule has 1 N–H and O–H groups in total. The van der Waals surface area contributed by atoms with Crippen molar-refractivity contribution in [3.63, 3.8) is 0 Å². The van der Waals surface area contributed by atoms with E-state index < -0.39 is 16.1 Å². The second-order valence-corrected chi connectivity index (χ2v) is 12.9. The number of nitrogens with zero attached hydrogens (tertiary/aromatic N) is 2. The van der Waals surface area contributed by atoms with Crippen LogP contribution in [0, 0.1) is 5.41 Å². The minimum absolute atomic E-state index is 0.00569. The third kappa shape index (κ3) is 7.19. The van der Waals surface area contributed by atoms with Gasteiger partial charge in [-0.3, -0.25) is 9.59 Å². The molecule has 2 aliphatic heterocycles. The number of sulfonamides is 1. The first-order valence-electron chi connectivity index (χ1n) is 13.9. The van der Waals surface area contributed by atoms with Gasteiger partial charge in [0, 0.05) is 33.1 Å². The number of nitrogens with one attached hydrogen (secondary N) is 1. The Bertz CT molecular complexity index is 1250. The van der Waals surface area contributed by atoms with E-state index in [0.29, 0.717) is 32.5 Å². The van der Waals surface area contributed by atoms with Crippen LogP contribution in [-0.2, 0) is 32.5 Å². The van der Waals surface area contributed by atoms with Crippen LogP contribution in [-0.4, -0.2) is 69.9 Å². The molecule has 0 aliphatic carbocycles. The number of likely N-dealkylation sites (N-methyl/N-ethyl adjacent to an activating group) is 1. The maximum Gasteiger partial charge on any atom is 0.263 e. The lowest BCUT2D eigenvalue weighted by atomic mass is 9.73. The lowest BCUT2D eigenvalue weighted by molar-refractivity contribution is -0.140. The van der Waals surface area contributed by atoms with Crippen molar-refractivity contribution in [2.75, 3.05) is 33.7 Å². The van der Waals surface area contributed by atoms with Gasteiger partial charge in [-0.25, -0.2) is 13.1 Å². The summed E-state index contributed by atoms with van der Waals surface area (Å²) in [5.41, 5.74) is 2.08. The van der Waals surface area contributed by atoms with Gasteiger partial charge in [-0.05, 0) is 87.2 Å². The molecular weight excluding hydrogens is 514 g/mol. The van der Waals surface area contributed by atoms with Crippen molar-refractivity contribution in [2.45, 2.75) is 69.3 Å². The van der Waals surface area contributed by atoms with Crippen molar-refractivity contribution in [1.82, 2.24) is 14.5 Å². The van der Waals surface area contributed by atoms with Crippen molar-refractivity contribution in [3.05, 3.63) is 59.7 Å². The number of fused-ring (bicyclic) bond motifs is 1. The third-order valence-electron chi connectivity index (χ3n) is 8.28. The minimum Gasteiger partial charge on any atom is -0.481 e. The molecule has 4 rings (SSSR count). The molecule has 212 valence electrons. The Balaban J connectivity index is 1.35. The van der Waals surface area contributed by atoms with Crippen LogP contribution in [0.4, 0.5) is 0 Å². The Morgan fingerprint density at radius 1 is 1.05 bits per heavy atom. The fourth-order valence-electron chi connectivity index (χ4n) is 5.85. The average Bonchev–Trinajstić information content (AvgIpc) is 2.94. The molecule has 9 heteroatoms. The molecule has 0 bridgehead atoms. The van der Waals surface area contributed by atoms with Gasteiger partial charge in [0.05, 0.1) is 4.90 Å². The van der Waals surface area contributed by atoms with Crippen LogP contribution < -0.4 is 9.46 Å². The fourth-order valence-corrected chi connectivity index (χ4v) is 6.58. The van der Waals surface area contributed by atoms with Crippen LogP contribution >= 0.6 is 0 Å². The zero-order valence-electron chi connectivity index (χ0n) is 23.3. The molecule has 2 amide bonds. The standard InChI is InChI=1S/C30H41N3O5S/c1-23-29(35)32(3)22-30(17-7-6-9-25-8-4-5-10-27(25)38-23)18-20-33(21-19-30)28(34)16-13-24-11-14-26(15-12-24)39(36,37)31-2/h4-5,8,10-12,14-15,23,31H,6-7,9,13,16-22H2,1-3H3/t23-/m1/s1. The third-order valence-corrected chi connectivity index (χ3v) is 9.71.